The van der Waals surface area contributed by atoms with E-state index in [0.29, 0.717) is 17.9 Å². The Labute approximate surface area is 116 Å². The monoisotopic (exact) mass is 275 g/mol. The molecule has 4 nitrogen and oxygen atoms in total. The summed E-state index contributed by atoms with van der Waals surface area (Å²) in [5.74, 6) is 0.707. The first-order chi connectivity index (χ1) is 9.08. The van der Waals surface area contributed by atoms with Gasteiger partial charge < -0.3 is 10.5 Å². The number of hydrogen-bond donors (Lipinski definition) is 2. The van der Waals surface area contributed by atoms with Gasteiger partial charge in [-0.15, -0.1) is 11.3 Å². The first kappa shape index (κ1) is 13.5. The van der Waals surface area contributed by atoms with E-state index in [1.165, 1.54) is 4.88 Å². The van der Waals surface area contributed by atoms with Crippen molar-refractivity contribution in [3.05, 3.63) is 45.4 Å². The zero-order valence-corrected chi connectivity index (χ0v) is 11.9. The zero-order chi connectivity index (χ0) is 13.8. The second-order valence-corrected chi connectivity index (χ2v) is 5.31. The molecule has 5 heteroatoms. The summed E-state index contributed by atoms with van der Waals surface area (Å²) in [4.78, 5) is 5.44. The Hall–Kier alpha value is -1.88. The van der Waals surface area contributed by atoms with Crippen molar-refractivity contribution in [3.8, 4) is 5.75 Å². The lowest BCUT2D eigenvalue weighted by molar-refractivity contribution is 0.322. The van der Waals surface area contributed by atoms with Gasteiger partial charge in [-0.25, -0.2) is 4.98 Å². The molecule has 2 aromatic rings. The Morgan fingerprint density at radius 2 is 2.21 bits per heavy atom. The van der Waals surface area contributed by atoms with Crippen molar-refractivity contribution in [1.82, 2.24) is 4.98 Å². The highest BCUT2D eigenvalue weighted by Gasteiger charge is 2.08. The van der Waals surface area contributed by atoms with Crippen LogP contribution in [0.4, 0.5) is 0 Å². The number of nitrogens with one attached hydrogen (secondary N) is 1. The number of thiazole rings is 1. The van der Waals surface area contributed by atoms with Crippen molar-refractivity contribution in [2.24, 2.45) is 5.73 Å². The summed E-state index contributed by atoms with van der Waals surface area (Å²) < 4.78 is 5.77. The molecule has 0 fully saturated rings. The van der Waals surface area contributed by atoms with Gasteiger partial charge in [-0.3, -0.25) is 5.41 Å². The van der Waals surface area contributed by atoms with E-state index in [1.54, 1.807) is 11.3 Å². The lowest BCUT2D eigenvalue weighted by atomic mass is 10.1. The maximum Gasteiger partial charge on any atom is 0.130 e. The van der Waals surface area contributed by atoms with E-state index < -0.39 is 0 Å². The number of hydrogen-bond acceptors (Lipinski definition) is 4. The molecule has 0 radical (unpaired) electrons. The van der Waals surface area contributed by atoms with Gasteiger partial charge >= 0.3 is 0 Å². The van der Waals surface area contributed by atoms with Crippen LogP contribution in [0.5, 0.6) is 5.75 Å². The van der Waals surface area contributed by atoms with E-state index in [4.69, 9.17) is 15.9 Å². The summed E-state index contributed by atoms with van der Waals surface area (Å²) in [5, 5.41) is 7.55. The third-order valence-electron chi connectivity index (χ3n) is 2.86. The van der Waals surface area contributed by atoms with Crippen LogP contribution in [-0.2, 0) is 6.42 Å². The van der Waals surface area contributed by atoms with E-state index in [1.807, 2.05) is 37.6 Å². The molecule has 100 valence electrons. The SMILES string of the molecule is Cc1ccc(C(=N)N)c(OCCc2scnc2C)c1. The topological polar surface area (TPSA) is 72.0 Å². The average molecular weight is 275 g/mol. The van der Waals surface area contributed by atoms with Gasteiger partial charge in [0.2, 0.25) is 0 Å². The average Bonchev–Trinajstić information content (AvgIpc) is 2.75. The number of nitrogens with two attached hydrogens (primary N) is 1. The van der Waals surface area contributed by atoms with Crippen LogP contribution in [0, 0.1) is 19.3 Å². The van der Waals surface area contributed by atoms with E-state index in [2.05, 4.69) is 4.98 Å². The Morgan fingerprint density at radius 1 is 1.42 bits per heavy atom. The van der Waals surface area contributed by atoms with Gasteiger partial charge in [0.15, 0.2) is 0 Å². The van der Waals surface area contributed by atoms with Gasteiger partial charge in [0.05, 0.1) is 23.4 Å². The lowest BCUT2D eigenvalue weighted by Gasteiger charge is -2.11. The minimum absolute atomic E-state index is 0.0315. The maximum atomic E-state index is 7.55. The summed E-state index contributed by atoms with van der Waals surface area (Å²) in [7, 11) is 0. The van der Waals surface area contributed by atoms with Crippen molar-refractivity contribution in [2.45, 2.75) is 20.3 Å². The summed E-state index contributed by atoms with van der Waals surface area (Å²) in [6.45, 7) is 4.55. The lowest BCUT2D eigenvalue weighted by Crippen LogP contribution is -2.14. The standard InChI is InChI=1S/C14H17N3OS/c1-9-3-4-11(14(15)16)12(7-9)18-6-5-13-10(2)17-8-19-13/h3-4,7-8H,5-6H2,1-2H3,(H3,15,16). The second-order valence-electron chi connectivity index (χ2n) is 4.37. The Morgan fingerprint density at radius 3 is 2.84 bits per heavy atom. The van der Waals surface area contributed by atoms with Crippen LogP contribution in [0.2, 0.25) is 0 Å². The van der Waals surface area contributed by atoms with Crippen molar-refractivity contribution in [2.75, 3.05) is 6.61 Å². The van der Waals surface area contributed by atoms with Crippen molar-refractivity contribution in [1.29, 1.82) is 5.41 Å². The predicted octanol–water partition coefficient (Wildman–Crippen LogP) is 2.67. The first-order valence-electron chi connectivity index (χ1n) is 6.04. The Balaban J connectivity index is 2.05. The molecule has 1 heterocycles. The molecule has 0 bridgehead atoms. The minimum atomic E-state index is 0.0315. The number of benzene rings is 1. The Bertz CT molecular complexity index is 592. The quantitative estimate of drug-likeness (QED) is 0.651. The van der Waals surface area contributed by atoms with Crippen molar-refractivity contribution < 1.29 is 4.74 Å². The molecule has 0 saturated carbocycles. The van der Waals surface area contributed by atoms with Crippen LogP contribution in [-0.4, -0.2) is 17.4 Å². The molecule has 1 aromatic heterocycles. The fourth-order valence-electron chi connectivity index (χ4n) is 1.79. The molecule has 0 unspecified atom stereocenters. The fourth-order valence-corrected chi connectivity index (χ4v) is 2.55. The summed E-state index contributed by atoms with van der Waals surface area (Å²) in [6.07, 6.45) is 0.821. The molecule has 0 amide bonds. The number of aryl methyl sites for hydroxylation is 2. The van der Waals surface area contributed by atoms with Crippen LogP contribution >= 0.6 is 11.3 Å². The zero-order valence-electron chi connectivity index (χ0n) is 11.1. The number of rotatable bonds is 5. The largest absolute Gasteiger partial charge is 0.492 e. The molecule has 0 atom stereocenters. The highest BCUT2D eigenvalue weighted by atomic mass is 32.1. The highest BCUT2D eigenvalue weighted by molar-refractivity contribution is 7.09. The van der Waals surface area contributed by atoms with Crippen LogP contribution in [0.25, 0.3) is 0 Å². The van der Waals surface area contributed by atoms with Gasteiger partial charge in [0, 0.05) is 11.3 Å². The van der Waals surface area contributed by atoms with Crippen LogP contribution in [0.15, 0.2) is 23.7 Å². The van der Waals surface area contributed by atoms with Crippen molar-refractivity contribution >= 4 is 17.2 Å². The van der Waals surface area contributed by atoms with Gasteiger partial charge in [0.25, 0.3) is 0 Å². The first-order valence-corrected chi connectivity index (χ1v) is 6.92. The molecule has 0 aliphatic rings. The molecular weight excluding hydrogens is 258 g/mol. The van der Waals surface area contributed by atoms with Gasteiger partial charge in [-0.2, -0.15) is 0 Å². The molecule has 3 N–H and O–H groups in total. The molecule has 19 heavy (non-hydrogen) atoms. The second kappa shape index (κ2) is 5.84. The van der Waals surface area contributed by atoms with E-state index in [-0.39, 0.29) is 5.84 Å². The van der Waals surface area contributed by atoms with Crippen LogP contribution in [0.3, 0.4) is 0 Å². The summed E-state index contributed by atoms with van der Waals surface area (Å²) in [5.41, 5.74) is 10.2. The Kier molecular flexibility index (Phi) is 4.16. The predicted molar refractivity (Wildman–Crippen MR) is 78.2 cm³/mol. The third kappa shape index (κ3) is 3.32. The maximum absolute atomic E-state index is 7.55. The molecule has 2 rings (SSSR count). The number of nitrogen functional groups attached to an aromatic ring is 1. The van der Waals surface area contributed by atoms with E-state index in [0.717, 1.165) is 17.7 Å². The highest BCUT2D eigenvalue weighted by Crippen LogP contribution is 2.21. The van der Waals surface area contributed by atoms with Crippen LogP contribution < -0.4 is 10.5 Å². The van der Waals surface area contributed by atoms with Crippen LogP contribution in [0.1, 0.15) is 21.7 Å². The third-order valence-corrected chi connectivity index (χ3v) is 3.85. The van der Waals surface area contributed by atoms with Crippen molar-refractivity contribution in [3.63, 3.8) is 0 Å². The smallest absolute Gasteiger partial charge is 0.130 e. The normalized spacial score (nSPS) is 10.4. The molecule has 0 aliphatic heterocycles. The van der Waals surface area contributed by atoms with Gasteiger partial charge in [-0.05, 0) is 31.5 Å². The minimum Gasteiger partial charge on any atom is -0.492 e. The number of ether oxygens (including phenoxy) is 1. The summed E-state index contributed by atoms with van der Waals surface area (Å²) in [6, 6.07) is 5.66. The number of nitrogens with zero attached hydrogens (tertiary/aromatic N) is 1. The van der Waals surface area contributed by atoms with Gasteiger partial charge in [0.1, 0.15) is 11.6 Å². The van der Waals surface area contributed by atoms with Gasteiger partial charge in [-0.1, -0.05) is 6.07 Å². The molecule has 1 aromatic carbocycles. The molecule has 0 spiro atoms. The fraction of sp³-hybridized carbons (Fsp3) is 0.286. The number of amidine groups is 1. The van der Waals surface area contributed by atoms with E-state index in [9.17, 15) is 0 Å². The number of aromatic nitrogens is 1. The van der Waals surface area contributed by atoms with E-state index >= 15 is 0 Å². The molecule has 0 saturated heterocycles. The summed E-state index contributed by atoms with van der Waals surface area (Å²) >= 11 is 1.64. The molecule has 0 aliphatic carbocycles. The molecular formula is C14H17N3OS.